The first kappa shape index (κ1) is 21.1. The van der Waals surface area contributed by atoms with E-state index >= 15 is 0 Å². The van der Waals surface area contributed by atoms with Gasteiger partial charge in [0.15, 0.2) is 11.5 Å². The minimum absolute atomic E-state index is 0.0274. The minimum Gasteiger partial charge on any atom is -0.493 e. The Kier molecular flexibility index (Phi) is 7.68. The zero-order chi connectivity index (χ0) is 20.5. The average Bonchev–Trinajstić information content (AvgIpc) is 2.71. The summed E-state index contributed by atoms with van der Waals surface area (Å²) in [6.07, 6.45) is 0. The number of amides is 3. The summed E-state index contributed by atoms with van der Waals surface area (Å²) in [5.41, 5.74) is 2.57. The third-order valence-electron chi connectivity index (χ3n) is 4.10. The first-order valence-corrected chi connectivity index (χ1v) is 9.05. The standard InChI is InChI=1S/C21H27N3O4/c1-14(2)20(25)24-17-8-5-15(6-9-17)12-22-21(26)23-13-16-7-10-18(27-3)19(11-16)28-4/h5-11,14H,12-13H2,1-4H3,(H,24,25)(H2,22,23,26). The number of nitrogens with one attached hydrogen (secondary N) is 3. The molecule has 0 atom stereocenters. The quantitative estimate of drug-likeness (QED) is 0.651. The summed E-state index contributed by atoms with van der Waals surface area (Å²) in [5, 5.41) is 8.44. The van der Waals surface area contributed by atoms with Gasteiger partial charge in [0.05, 0.1) is 14.2 Å². The lowest BCUT2D eigenvalue weighted by Crippen LogP contribution is -2.34. The summed E-state index contributed by atoms with van der Waals surface area (Å²) in [6.45, 7) is 4.44. The Morgan fingerprint density at radius 2 is 1.43 bits per heavy atom. The van der Waals surface area contributed by atoms with Gasteiger partial charge < -0.3 is 25.4 Å². The number of anilines is 1. The van der Waals surface area contributed by atoms with Gasteiger partial charge >= 0.3 is 6.03 Å². The van der Waals surface area contributed by atoms with Crippen molar-refractivity contribution in [1.29, 1.82) is 0 Å². The van der Waals surface area contributed by atoms with Crippen molar-refractivity contribution < 1.29 is 19.1 Å². The highest BCUT2D eigenvalue weighted by Gasteiger charge is 2.08. The van der Waals surface area contributed by atoms with E-state index in [0.717, 1.165) is 16.8 Å². The van der Waals surface area contributed by atoms with Crippen molar-refractivity contribution in [1.82, 2.24) is 10.6 Å². The zero-order valence-electron chi connectivity index (χ0n) is 16.7. The van der Waals surface area contributed by atoms with Crippen LogP contribution >= 0.6 is 0 Å². The molecule has 7 heteroatoms. The third kappa shape index (κ3) is 6.19. The second-order valence-corrected chi connectivity index (χ2v) is 6.57. The van der Waals surface area contributed by atoms with Crippen LogP contribution in [-0.2, 0) is 17.9 Å². The number of methoxy groups -OCH3 is 2. The van der Waals surface area contributed by atoms with Crippen molar-refractivity contribution in [2.45, 2.75) is 26.9 Å². The minimum atomic E-state index is -0.271. The van der Waals surface area contributed by atoms with Crippen molar-refractivity contribution >= 4 is 17.6 Å². The molecule has 0 fully saturated rings. The van der Waals surface area contributed by atoms with Crippen molar-refractivity contribution in [3.05, 3.63) is 53.6 Å². The molecule has 2 rings (SSSR count). The van der Waals surface area contributed by atoms with Crippen LogP contribution in [0.2, 0.25) is 0 Å². The van der Waals surface area contributed by atoms with Crippen LogP contribution in [0.15, 0.2) is 42.5 Å². The van der Waals surface area contributed by atoms with Crippen LogP contribution in [0.25, 0.3) is 0 Å². The molecule has 2 aromatic carbocycles. The van der Waals surface area contributed by atoms with Gasteiger partial charge in [-0.2, -0.15) is 0 Å². The zero-order valence-corrected chi connectivity index (χ0v) is 16.7. The number of carbonyl (C=O) groups is 2. The fraction of sp³-hybridized carbons (Fsp3) is 0.333. The highest BCUT2D eigenvalue weighted by molar-refractivity contribution is 5.92. The molecule has 28 heavy (non-hydrogen) atoms. The Morgan fingerprint density at radius 3 is 2.00 bits per heavy atom. The van der Waals surface area contributed by atoms with E-state index in [1.807, 2.05) is 50.2 Å². The SMILES string of the molecule is COc1ccc(CNC(=O)NCc2ccc(NC(=O)C(C)C)cc2)cc1OC. The van der Waals surface area contributed by atoms with Crippen LogP contribution in [-0.4, -0.2) is 26.2 Å². The Labute approximate surface area is 165 Å². The fourth-order valence-electron chi connectivity index (χ4n) is 2.41. The van der Waals surface area contributed by atoms with Gasteiger partial charge in [0.1, 0.15) is 0 Å². The molecule has 0 unspecified atom stereocenters. The number of hydrogen-bond donors (Lipinski definition) is 3. The van der Waals surface area contributed by atoms with E-state index in [2.05, 4.69) is 16.0 Å². The molecule has 0 aliphatic heterocycles. The van der Waals surface area contributed by atoms with E-state index in [1.165, 1.54) is 0 Å². The maximum atomic E-state index is 12.0. The number of urea groups is 1. The molecule has 0 spiro atoms. The van der Waals surface area contributed by atoms with Crippen molar-refractivity contribution in [2.75, 3.05) is 19.5 Å². The number of rotatable bonds is 8. The molecule has 0 saturated carbocycles. The monoisotopic (exact) mass is 385 g/mol. The molecule has 0 radical (unpaired) electrons. The van der Waals surface area contributed by atoms with Crippen LogP contribution in [0.3, 0.4) is 0 Å². The van der Waals surface area contributed by atoms with E-state index in [4.69, 9.17) is 9.47 Å². The Morgan fingerprint density at radius 1 is 0.857 bits per heavy atom. The summed E-state index contributed by atoms with van der Waals surface area (Å²) in [6, 6.07) is 12.6. The van der Waals surface area contributed by atoms with E-state index in [0.29, 0.717) is 24.6 Å². The number of hydrogen-bond acceptors (Lipinski definition) is 4. The van der Waals surface area contributed by atoms with Gasteiger partial charge in [0.2, 0.25) is 5.91 Å². The van der Waals surface area contributed by atoms with Gasteiger partial charge in [-0.25, -0.2) is 4.79 Å². The van der Waals surface area contributed by atoms with Gasteiger partial charge in [0, 0.05) is 24.7 Å². The van der Waals surface area contributed by atoms with E-state index < -0.39 is 0 Å². The number of benzene rings is 2. The first-order chi connectivity index (χ1) is 13.4. The van der Waals surface area contributed by atoms with E-state index in [1.54, 1.807) is 20.3 Å². The summed E-state index contributed by atoms with van der Waals surface area (Å²) < 4.78 is 10.5. The van der Waals surface area contributed by atoms with Gasteiger partial charge in [-0.1, -0.05) is 32.0 Å². The van der Waals surface area contributed by atoms with Crippen LogP contribution in [0.5, 0.6) is 11.5 Å². The topological polar surface area (TPSA) is 88.7 Å². The molecule has 0 aliphatic carbocycles. The summed E-state index contributed by atoms with van der Waals surface area (Å²) in [4.78, 5) is 23.7. The van der Waals surface area contributed by atoms with Gasteiger partial charge in [0.25, 0.3) is 0 Å². The van der Waals surface area contributed by atoms with Gasteiger partial charge in [-0.05, 0) is 35.4 Å². The van der Waals surface area contributed by atoms with E-state index in [9.17, 15) is 9.59 Å². The van der Waals surface area contributed by atoms with E-state index in [-0.39, 0.29) is 17.9 Å². The average molecular weight is 385 g/mol. The normalized spacial score (nSPS) is 10.3. The number of ether oxygens (including phenoxy) is 2. The lowest BCUT2D eigenvalue weighted by molar-refractivity contribution is -0.118. The lowest BCUT2D eigenvalue weighted by Gasteiger charge is -2.11. The molecule has 0 aromatic heterocycles. The van der Waals surface area contributed by atoms with Crippen molar-refractivity contribution in [2.24, 2.45) is 5.92 Å². The Hall–Kier alpha value is -3.22. The predicted octanol–water partition coefficient (Wildman–Crippen LogP) is 3.30. The molecule has 150 valence electrons. The highest BCUT2D eigenvalue weighted by atomic mass is 16.5. The first-order valence-electron chi connectivity index (χ1n) is 9.05. The number of carbonyl (C=O) groups excluding carboxylic acids is 2. The molecule has 0 bridgehead atoms. The molecule has 0 heterocycles. The molecule has 3 N–H and O–H groups in total. The maximum absolute atomic E-state index is 12.0. The third-order valence-corrected chi connectivity index (χ3v) is 4.10. The smallest absolute Gasteiger partial charge is 0.315 e. The lowest BCUT2D eigenvalue weighted by atomic mass is 10.1. The summed E-state index contributed by atoms with van der Waals surface area (Å²) in [5.74, 6) is 1.16. The van der Waals surface area contributed by atoms with Gasteiger partial charge in [-0.3, -0.25) is 4.79 Å². The Bertz CT molecular complexity index is 804. The second-order valence-electron chi connectivity index (χ2n) is 6.57. The van der Waals surface area contributed by atoms with Crippen LogP contribution in [0, 0.1) is 5.92 Å². The largest absolute Gasteiger partial charge is 0.493 e. The molecule has 3 amide bonds. The summed E-state index contributed by atoms with van der Waals surface area (Å²) in [7, 11) is 3.15. The molecule has 7 nitrogen and oxygen atoms in total. The Balaban J connectivity index is 1.80. The van der Waals surface area contributed by atoms with Crippen molar-refractivity contribution in [3.8, 4) is 11.5 Å². The van der Waals surface area contributed by atoms with Crippen molar-refractivity contribution in [3.63, 3.8) is 0 Å². The van der Waals surface area contributed by atoms with Crippen LogP contribution in [0.1, 0.15) is 25.0 Å². The second kappa shape index (κ2) is 10.2. The molecular formula is C21H27N3O4. The maximum Gasteiger partial charge on any atom is 0.315 e. The molecule has 2 aromatic rings. The fourth-order valence-corrected chi connectivity index (χ4v) is 2.41. The summed E-state index contributed by atoms with van der Waals surface area (Å²) >= 11 is 0. The molecule has 0 aliphatic rings. The molecule has 0 saturated heterocycles. The van der Waals surface area contributed by atoms with Crippen LogP contribution in [0.4, 0.5) is 10.5 Å². The van der Waals surface area contributed by atoms with Gasteiger partial charge in [-0.15, -0.1) is 0 Å². The predicted molar refractivity (Wildman–Crippen MR) is 109 cm³/mol. The van der Waals surface area contributed by atoms with Crippen LogP contribution < -0.4 is 25.4 Å². The molecular weight excluding hydrogens is 358 g/mol. The highest BCUT2D eigenvalue weighted by Crippen LogP contribution is 2.27.